The maximum atomic E-state index is 12.2. The van der Waals surface area contributed by atoms with Crippen molar-refractivity contribution in [2.45, 2.75) is 25.0 Å². The number of rotatable bonds is 8. The number of aliphatic hydroxyl groups is 2. The molecule has 3 heterocycles. The van der Waals surface area contributed by atoms with Crippen molar-refractivity contribution in [3.05, 3.63) is 70.4 Å². The van der Waals surface area contributed by atoms with Crippen LogP contribution in [-0.2, 0) is 16.4 Å². The molecule has 0 aliphatic heterocycles. The van der Waals surface area contributed by atoms with E-state index in [-0.39, 0.29) is 18.0 Å². The molecule has 0 fully saturated rings. The molecule has 13 heteroatoms. The standard InChI is InChI=1S/C23H25N7O5S/c1-36(34,35)29(12-17(32)13-31)16-4-2-15(3-5-16)27-23-25-10-14-11-26-30(22(14)28-23)19-7-6-18-20(33)8-9-24-21(18)19/h2-5,8-11,17,19,31-32H,6-7,12-13H2,1H3,(H,24,33)(H,25,27,28). The van der Waals surface area contributed by atoms with Crippen LogP contribution in [0.2, 0.25) is 0 Å². The fraction of sp³-hybridized carbons (Fsp3) is 0.304. The van der Waals surface area contributed by atoms with Gasteiger partial charge in [-0.3, -0.25) is 9.10 Å². The minimum atomic E-state index is -3.66. The average Bonchev–Trinajstić information content (AvgIpc) is 3.47. The molecule has 0 saturated heterocycles. The number of H-pyrrole nitrogens is 1. The number of aliphatic hydroxyl groups excluding tert-OH is 2. The van der Waals surface area contributed by atoms with Crippen molar-refractivity contribution >= 4 is 38.4 Å². The highest BCUT2D eigenvalue weighted by molar-refractivity contribution is 7.92. The summed E-state index contributed by atoms with van der Waals surface area (Å²) in [6.45, 7) is -0.813. The van der Waals surface area contributed by atoms with Gasteiger partial charge in [0, 0.05) is 35.4 Å². The first-order chi connectivity index (χ1) is 17.2. The molecule has 0 bridgehead atoms. The first-order valence-corrected chi connectivity index (χ1v) is 13.1. The van der Waals surface area contributed by atoms with Crippen molar-refractivity contribution in [1.29, 1.82) is 0 Å². The van der Waals surface area contributed by atoms with Crippen LogP contribution in [0.1, 0.15) is 23.7 Å². The van der Waals surface area contributed by atoms with Crippen molar-refractivity contribution in [3.63, 3.8) is 0 Å². The third-order valence-electron chi connectivity index (χ3n) is 6.13. The van der Waals surface area contributed by atoms with Gasteiger partial charge in [0.15, 0.2) is 11.1 Å². The topological polar surface area (TPSA) is 166 Å². The zero-order valence-corrected chi connectivity index (χ0v) is 20.2. The Balaban J connectivity index is 1.40. The lowest BCUT2D eigenvalue weighted by Gasteiger charge is -2.24. The highest BCUT2D eigenvalue weighted by atomic mass is 32.2. The Bertz CT molecular complexity index is 1570. The predicted octanol–water partition coefficient (Wildman–Crippen LogP) is 0.913. The van der Waals surface area contributed by atoms with Gasteiger partial charge in [0.2, 0.25) is 16.0 Å². The predicted molar refractivity (Wildman–Crippen MR) is 134 cm³/mol. The Morgan fingerprint density at radius 3 is 2.75 bits per heavy atom. The Morgan fingerprint density at radius 2 is 2.03 bits per heavy atom. The molecule has 1 aliphatic rings. The summed E-state index contributed by atoms with van der Waals surface area (Å²) in [6, 6.07) is 7.90. The lowest BCUT2D eigenvalue weighted by molar-refractivity contribution is 0.102. The fourth-order valence-corrected chi connectivity index (χ4v) is 5.35. The largest absolute Gasteiger partial charge is 0.394 e. The first kappa shape index (κ1) is 23.9. The zero-order valence-electron chi connectivity index (χ0n) is 19.4. The molecular weight excluding hydrogens is 486 g/mol. The summed E-state index contributed by atoms with van der Waals surface area (Å²) in [6.07, 6.45) is 6.23. The Hall–Kier alpha value is -3.81. The second-order valence-corrected chi connectivity index (χ2v) is 10.6. The van der Waals surface area contributed by atoms with E-state index >= 15 is 0 Å². The van der Waals surface area contributed by atoms with Gasteiger partial charge in [-0.05, 0) is 37.1 Å². The summed E-state index contributed by atoms with van der Waals surface area (Å²) >= 11 is 0. The van der Waals surface area contributed by atoms with Gasteiger partial charge in [0.25, 0.3) is 0 Å². The molecule has 12 nitrogen and oxygen atoms in total. The van der Waals surface area contributed by atoms with Crippen LogP contribution in [0.15, 0.2) is 53.7 Å². The Morgan fingerprint density at radius 1 is 1.25 bits per heavy atom. The number of nitrogens with zero attached hydrogens (tertiary/aromatic N) is 5. The van der Waals surface area contributed by atoms with E-state index in [4.69, 9.17) is 5.11 Å². The molecular formula is C23H25N7O5S. The third kappa shape index (κ3) is 4.55. The number of benzene rings is 1. The van der Waals surface area contributed by atoms with Crippen LogP contribution in [0.5, 0.6) is 0 Å². The molecule has 36 heavy (non-hydrogen) atoms. The van der Waals surface area contributed by atoms with E-state index in [0.29, 0.717) is 29.4 Å². The highest BCUT2D eigenvalue weighted by Crippen LogP contribution is 2.32. The van der Waals surface area contributed by atoms with Crippen molar-refractivity contribution in [2.24, 2.45) is 0 Å². The molecule has 2 unspecified atom stereocenters. The number of sulfonamides is 1. The van der Waals surface area contributed by atoms with Gasteiger partial charge >= 0.3 is 0 Å². The van der Waals surface area contributed by atoms with Crippen LogP contribution in [0.25, 0.3) is 11.0 Å². The zero-order chi connectivity index (χ0) is 25.4. The van der Waals surface area contributed by atoms with Gasteiger partial charge in [-0.1, -0.05) is 0 Å². The number of hydrogen-bond donors (Lipinski definition) is 4. The molecule has 0 amide bonds. The van der Waals surface area contributed by atoms with Crippen LogP contribution < -0.4 is 15.1 Å². The van der Waals surface area contributed by atoms with Crippen LogP contribution in [0, 0.1) is 0 Å². The van der Waals surface area contributed by atoms with Gasteiger partial charge in [0.1, 0.15) is 0 Å². The molecule has 0 radical (unpaired) electrons. The maximum Gasteiger partial charge on any atom is 0.232 e. The van der Waals surface area contributed by atoms with Crippen molar-refractivity contribution < 1.29 is 18.6 Å². The summed E-state index contributed by atoms with van der Waals surface area (Å²) in [7, 11) is -3.66. The van der Waals surface area contributed by atoms with E-state index in [2.05, 4.69) is 25.4 Å². The second-order valence-electron chi connectivity index (χ2n) is 8.65. The lowest BCUT2D eigenvalue weighted by atomic mass is 10.2. The van der Waals surface area contributed by atoms with E-state index in [1.165, 1.54) is 6.07 Å². The van der Waals surface area contributed by atoms with Gasteiger partial charge in [-0.2, -0.15) is 10.1 Å². The summed E-state index contributed by atoms with van der Waals surface area (Å²) < 4.78 is 27.2. The molecule has 5 rings (SSSR count). The minimum Gasteiger partial charge on any atom is -0.394 e. The monoisotopic (exact) mass is 511 g/mol. The summed E-state index contributed by atoms with van der Waals surface area (Å²) in [5, 5.41) is 27.2. The number of hydrogen-bond acceptors (Lipinski definition) is 9. The van der Waals surface area contributed by atoms with E-state index in [1.807, 2.05) is 0 Å². The van der Waals surface area contributed by atoms with E-state index in [9.17, 15) is 18.3 Å². The van der Waals surface area contributed by atoms with Crippen molar-refractivity contribution in [2.75, 3.05) is 29.0 Å². The van der Waals surface area contributed by atoms with Gasteiger partial charge in [-0.15, -0.1) is 0 Å². The highest BCUT2D eigenvalue weighted by Gasteiger charge is 2.28. The summed E-state index contributed by atoms with van der Waals surface area (Å²) in [5.41, 5.74) is 3.22. The molecule has 1 aromatic carbocycles. The molecule has 4 N–H and O–H groups in total. The molecule has 0 saturated carbocycles. The van der Waals surface area contributed by atoms with Crippen LogP contribution in [-0.4, -0.2) is 68.9 Å². The van der Waals surface area contributed by atoms with Gasteiger partial charge in [-0.25, -0.2) is 18.1 Å². The normalized spacial score (nSPS) is 16.1. The molecule has 0 spiro atoms. The molecule has 4 aromatic rings. The van der Waals surface area contributed by atoms with Crippen LogP contribution in [0.3, 0.4) is 0 Å². The SMILES string of the molecule is CS(=O)(=O)N(CC(O)CO)c1ccc(Nc2ncc3cnn(C4CCc5c4[nH]ccc5=O)c3n2)cc1. The lowest BCUT2D eigenvalue weighted by Crippen LogP contribution is -2.38. The number of pyridine rings is 1. The summed E-state index contributed by atoms with van der Waals surface area (Å²) in [5.74, 6) is 0.326. The fourth-order valence-electron chi connectivity index (χ4n) is 4.40. The summed E-state index contributed by atoms with van der Waals surface area (Å²) in [4.78, 5) is 24.4. The average molecular weight is 512 g/mol. The van der Waals surface area contributed by atoms with E-state index in [0.717, 1.165) is 33.6 Å². The molecule has 188 valence electrons. The Kier molecular flexibility index (Phi) is 6.20. The van der Waals surface area contributed by atoms with E-state index in [1.54, 1.807) is 47.5 Å². The van der Waals surface area contributed by atoms with E-state index < -0.39 is 22.7 Å². The first-order valence-electron chi connectivity index (χ1n) is 11.3. The van der Waals surface area contributed by atoms with Crippen molar-refractivity contribution in [3.8, 4) is 0 Å². The quantitative estimate of drug-likeness (QED) is 0.269. The second kappa shape index (κ2) is 9.33. The Labute approximate surface area is 206 Å². The smallest absolute Gasteiger partial charge is 0.232 e. The number of anilines is 3. The maximum absolute atomic E-state index is 12.2. The van der Waals surface area contributed by atoms with Crippen LogP contribution in [0.4, 0.5) is 17.3 Å². The number of nitrogens with one attached hydrogen (secondary N) is 2. The number of aromatic nitrogens is 5. The minimum absolute atomic E-state index is 0.0171. The number of aromatic amines is 1. The molecule has 2 atom stereocenters. The molecule has 1 aliphatic carbocycles. The van der Waals surface area contributed by atoms with Crippen LogP contribution >= 0.6 is 0 Å². The number of fused-ring (bicyclic) bond motifs is 2. The molecule has 3 aromatic heterocycles. The van der Waals surface area contributed by atoms with Crippen molar-refractivity contribution in [1.82, 2.24) is 24.7 Å². The third-order valence-corrected chi connectivity index (χ3v) is 7.29. The van der Waals surface area contributed by atoms with Gasteiger partial charge < -0.3 is 20.5 Å². The van der Waals surface area contributed by atoms with Gasteiger partial charge in [0.05, 0.1) is 48.8 Å².